The number of hydrogen-bond donors (Lipinski definition) is 1. The molecule has 0 saturated heterocycles. The Hall–Kier alpha value is -3.80. The van der Waals surface area contributed by atoms with Crippen molar-refractivity contribution in [1.29, 1.82) is 0 Å². The van der Waals surface area contributed by atoms with E-state index in [1.54, 1.807) is 6.07 Å². The fourth-order valence-electron chi connectivity index (χ4n) is 4.29. The van der Waals surface area contributed by atoms with Crippen molar-refractivity contribution < 1.29 is 18.7 Å². The number of nitrogens with one attached hydrogen (secondary N) is 1. The molecule has 1 N–H and O–H groups in total. The molecule has 5 nitrogen and oxygen atoms in total. The van der Waals surface area contributed by atoms with Crippen molar-refractivity contribution in [2.45, 2.75) is 18.9 Å². The first-order chi connectivity index (χ1) is 15.6. The minimum absolute atomic E-state index is 0.107. The Morgan fingerprint density at radius 1 is 1.06 bits per heavy atom. The topological polar surface area (TPSA) is 52.5 Å². The average Bonchev–Trinajstić information content (AvgIpc) is 3.40. The maximum absolute atomic E-state index is 14.1. The first kappa shape index (κ1) is 20.1. The molecule has 1 aromatic heterocycles. The van der Waals surface area contributed by atoms with E-state index in [-0.39, 0.29) is 30.9 Å². The van der Waals surface area contributed by atoms with E-state index in [1.165, 1.54) is 12.1 Å². The lowest BCUT2D eigenvalue weighted by Crippen LogP contribution is -2.25. The molecule has 0 radical (unpaired) electrons. The summed E-state index contributed by atoms with van der Waals surface area (Å²) in [6.07, 6.45) is 2.24. The van der Waals surface area contributed by atoms with Crippen molar-refractivity contribution in [3.05, 3.63) is 95.4 Å². The highest BCUT2D eigenvalue weighted by Gasteiger charge is 2.23. The van der Waals surface area contributed by atoms with E-state index in [4.69, 9.17) is 9.47 Å². The van der Waals surface area contributed by atoms with Crippen LogP contribution in [0.1, 0.15) is 29.0 Å². The number of fused-ring (bicyclic) bond motifs is 2. The molecule has 162 valence electrons. The van der Waals surface area contributed by atoms with Gasteiger partial charge in [0.15, 0.2) is 11.5 Å². The van der Waals surface area contributed by atoms with E-state index in [0.29, 0.717) is 18.0 Å². The molecule has 0 spiro atoms. The number of amides is 1. The zero-order valence-corrected chi connectivity index (χ0v) is 17.7. The second-order valence-corrected chi connectivity index (χ2v) is 7.99. The SMILES string of the molecule is Cn1cc([C@H](CC(=O)NCc2ccc3c(c2)OCO3)c2cccc(F)c2)c2ccccc21. The predicted molar refractivity (Wildman–Crippen MR) is 120 cm³/mol. The van der Waals surface area contributed by atoms with Crippen molar-refractivity contribution in [3.63, 3.8) is 0 Å². The first-order valence-corrected chi connectivity index (χ1v) is 10.5. The Bertz CT molecular complexity index is 1300. The Labute approximate surface area is 185 Å². The first-order valence-electron chi connectivity index (χ1n) is 10.5. The molecule has 0 saturated carbocycles. The summed E-state index contributed by atoms with van der Waals surface area (Å²) in [5, 5.41) is 4.06. The number of ether oxygens (including phenoxy) is 2. The van der Waals surface area contributed by atoms with Gasteiger partial charge < -0.3 is 19.4 Å². The number of carbonyl (C=O) groups excluding carboxylic acids is 1. The van der Waals surface area contributed by atoms with Gasteiger partial charge in [-0.3, -0.25) is 4.79 Å². The third-order valence-electron chi connectivity index (χ3n) is 5.87. The van der Waals surface area contributed by atoms with Crippen LogP contribution in [0.2, 0.25) is 0 Å². The van der Waals surface area contributed by atoms with Gasteiger partial charge in [-0.2, -0.15) is 0 Å². The highest BCUT2D eigenvalue weighted by Crippen LogP contribution is 2.35. The van der Waals surface area contributed by atoms with Crippen LogP contribution in [0.4, 0.5) is 4.39 Å². The third kappa shape index (κ3) is 3.91. The number of hydrogen-bond acceptors (Lipinski definition) is 3. The molecule has 0 bridgehead atoms. The maximum atomic E-state index is 14.1. The number of nitrogens with zero attached hydrogens (tertiary/aromatic N) is 1. The molecule has 1 amide bonds. The van der Waals surface area contributed by atoms with Crippen molar-refractivity contribution in [3.8, 4) is 11.5 Å². The quantitative estimate of drug-likeness (QED) is 0.474. The van der Waals surface area contributed by atoms with E-state index in [0.717, 1.165) is 27.6 Å². The van der Waals surface area contributed by atoms with Crippen LogP contribution in [0.25, 0.3) is 10.9 Å². The molecular weight excluding hydrogens is 407 g/mol. The largest absolute Gasteiger partial charge is 0.454 e. The highest BCUT2D eigenvalue weighted by atomic mass is 19.1. The standard InChI is InChI=1S/C26H23FN2O3/c1-29-15-22(20-7-2-3-8-23(20)29)21(18-5-4-6-19(27)12-18)13-26(30)28-14-17-9-10-24-25(11-17)32-16-31-24/h2-12,15,21H,13-14,16H2,1H3,(H,28,30)/t21-/m1/s1. The zero-order chi connectivity index (χ0) is 22.1. The zero-order valence-electron chi connectivity index (χ0n) is 17.7. The van der Waals surface area contributed by atoms with Crippen LogP contribution in [0.5, 0.6) is 11.5 Å². The van der Waals surface area contributed by atoms with Crippen LogP contribution in [0.3, 0.4) is 0 Å². The van der Waals surface area contributed by atoms with Crippen molar-refractivity contribution in [2.75, 3.05) is 6.79 Å². The minimum atomic E-state index is -0.312. The van der Waals surface area contributed by atoms with Gasteiger partial charge in [0.05, 0.1) is 0 Å². The van der Waals surface area contributed by atoms with Crippen molar-refractivity contribution in [2.24, 2.45) is 7.05 Å². The van der Waals surface area contributed by atoms with Crippen molar-refractivity contribution in [1.82, 2.24) is 9.88 Å². The van der Waals surface area contributed by atoms with Crippen LogP contribution in [0.15, 0.2) is 72.9 Å². The number of halogens is 1. The molecule has 6 heteroatoms. The van der Waals surface area contributed by atoms with E-state index >= 15 is 0 Å². The summed E-state index contributed by atoms with van der Waals surface area (Å²) >= 11 is 0. The lowest BCUT2D eigenvalue weighted by Gasteiger charge is -2.17. The van der Waals surface area contributed by atoms with Crippen LogP contribution in [-0.4, -0.2) is 17.3 Å². The average molecular weight is 430 g/mol. The summed E-state index contributed by atoms with van der Waals surface area (Å²) in [7, 11) is 1.98. The summed E-state index contributed by atoms with van der Waals surface area (Å²) < 4.78 is 26.8. The molecular formula is C26H23FN2O3. The smallest absolute Gasteiger partial charge is 0.231 e. The normalized spacial score (nSPS) is 13.3. The highest BCUT2D eigenvalue weighted by molar-refractivity contribution is 5.86. The van der Waals surface area contributed by atoms with Gasteiger partial charge in [0.1, 0.15) is 5.82 Å². The van der Waals surface area contributed by atoms with Gasteiger partial charge in [0.25, 0.3) is 0 Å². The number of para-hydroxylation sites is 1. The fraction of sp³-hybridized carbons (Fsp3) is 0.192. The van der Waals surface area contributed by atoms with Crippen LogP contribution >= 0.6 is 0 Å². The molecule has 1 aliphatic heterocycles. The summed E-state index contributed by atoms with van der Waals surface area (Å²) in [5.41, 5.74) is 3.78. The number of carbonyl (C=O) groups is 1. The second kappa shape index (κ2) is 8.38. The van der Waals surface area contributed by atoms with Gasteiger partial charge in [0.2, 0.25) is 12.7 Å². The molecule has 5 rings (SSSR count). The molecule has 1 aliphatic rings. The Kier molecular flexibility index (Phi) is 5.27. The molecule has 1 atom stereocenters. The fourth-order valence-corrected chi connectivity index (χ4v) is 4.29. The second-order valence-electron chi connectivity index (χ2n) is 7.99. The molecule has 3 aromatic carbocycles. The van der Waals surface area contributed by atoms with Crippen LogP contribution in [-0.2, 0) is 18.4 Å². The van der Waals surface area contributed by atoms with E-state index in [1.807, 2.05) is 66.3 Å². The molecule has 0 fully saturated rings. The van der Waals surface area contributed by atoms with E-state index in [9.17, 15) is 9.18 Å². The maximum Gasteiger partial charge on any atom is 0.231 e. The summed E-state index contributed by atoms with van der Waals surface area (Å²) in [5.74, 6) is 0.708. The Morgan fingerprint density at radius 3 is 2.78 bits per heavy atom. The van der Waals surface area contributed by atoms with Gasteiger partial charge >= 0.3 is 0 Å². The number of rotatable bonds is 6. The van der Waals surface area contributed by atoms with Gasteiger partial charge in [-0.15, -0.1) is 0 Å². The Morgan fingerprint density at radius 2 is 1.91 bits per heavy atom. The third-order valence-corrected chi connectivity index (χ3v) is 5.87. The van der Waals surface area contributed by atoms with Gasteiger partial charge in [-0.05, 0) is 47.0 Å². The van der Waals surface area contributed by atoms with Gasteiger partial charge in [-0.1, -0.05) is 36.4 Å². The Balaban J connectivity index is 1.40. The number of aromatic nitrogens is 1. The van der Waals surface area contributed by atoms with E-state index < -0.39 is 0 Å². The van der Waals surface area contributed by atoms with Gasteiger partial charge in [-0.25, -0.2) is 4.39 Å². The van der Waals surface area contributed by atoms with E-state index in [2.05, 4.69) is 5.32 Å². The summed E-state index contributed by atoms with van der Waals surface area (Å²) in [6, 6.07) is 20.2. The molecule has 4 aromatic rings. The van der Waals surface area contributed by atoms with Crippen LogP contribution < -0.4 is 14.8 Å². The van der Waals surface area contributed by atoms with Gasteiger partial charge in [0, 0.05) is 43.0 Å². The lowest BCUT2D eigenvalue weighted by molar-refractivity contribution is -0.121. The molecule has 0 unspecified atom stereocenters. The van der Waals surface area contributed by atoms with Crippen molar-refractivity contribution >= 4 is 16.8 Å². The molecule has 2 heterocycles. The minimum Gasteiger partial charge on any atom is -0.454 e. The molecule has 32 heavy (non-hydrogen) atoms. The number of benzene rings is 3. The summed E-state index contributed by atoms with van der Waals surface area (Å²) in [6.45, 7) is 0.590. The number of aryl methyl sites for hydroxylation is 1. The molecule has 0 aliphatic carbocycles. The predicted octanol–water partition coefficient (Wildman–Crippen LogP) is 4.88. The van der Waals surface area contributed by atoms with Crippen LogP contribution in [0, 0.1) is 5.82 Å². The monoisotopic (exact) mass is 430 g/mol. The summed E-state index contributed by atoms with van der Waals surface area (Å²) in [4.78, 5) is 13.0. The lowest BCUT2D eigenvalue weighted by atomic mass is 9.88.